The molecule has 0 aliphatic rings. The van der Waals surface area contributed by atoms with Gasteiger partial charge in [-0.25, -0.2) is 9.98 Å². The maximum atomic E-state index is 12.4. The number of carbonyl (C=O) groups excluding carboxylic acids is 1. The van der Waals surface area contributed by atoms with Gasteiger partial charge >= 0.3 is 0 Å². The number of hydrogen-bond acceptors (Lipinski definition) is 5. The van der Waals surface area contributed by atoms with Crippen LogP contribution in [0.3, 0.4) is 0 Å². The molecule has 0 unspecified atom stereocenters. The van der Waals surface area contributed by atoms with Crippen molar-refractivity contribution in [2.45, 2.75) is 32.7 Å². The van der Waals surface area contributed by atoms with Crippen LogP contribution in [0, 0.1) is 5.41 Å². The summed E-state index contributed by atoms with van der Waals surface area (Å²) in [5, 5.41) is 10.9. The highest BCUT2D eigenvalue weighted by molar-refractivity contribution is 6.29. The number of halogens is 1. The van der Waals surface area contributed by atoms with E-state index in [2.05, 4.69) is 26.9 Å². The molecule has 2 aromatic rings. The van der Waals surface area contributed by atoms with E-state index in [4.69, 9.17) is 22.7 Å². The van der Waals surface area contributed by atoms with Gasteiger partial charge in [-0.05, 0) is 49.9 Å². The van der Waals surface area contributed by atoms with E-state index in [1.54, 1.807) is 24.4 Å². The van der Waals surface area contributed by atoms with Crippen LogP contribution in [0.5, 0.6) is 0 Å². The van der Waals surface area contributed by atoms with Gasteiger partial charge in [-0.3, -0.25) is 15.2 Å². The number of amidine groups is 1. The summed E-state index contributed by atoms with van der Waals surface area (Å²) < 4.78 is 1.51. The topological polar surface area (TPSA) is 122 Å². The number of rotatable bonds is 9. The molecule has 2 heterocycles. The molecule has 0 fully saturated rings. The zero-order valence-electron chi connectivity index (χ0n) is 15.8. The molecule has 4 N–H and O–H groups in total. The van der Waals surface area contributed by atoms with E-state index in [9.17, 15) is 4.79 Å². The van der Waals surface area contributed by atoms with Gasteiger partial charge in [0.2, 0.25) is 5.28 Å². The molecule has 0 atom stereocenters. The molecule has 1 amide bonds. The molecule has 0 aliphatic carbocycles. The molecule has 0 radical (unpaired) electrons. The molecule has 0 spiro atoms. The monoisotopic (exact) mass is 401 g/mol. The molecule has 0 saturated carbocycles. The van der Waals surface area contributed by atoms with E-state index in [1.165, 1.54) is 4.57 Å². The Balaban J connectivity index is 1.79. The summed E-state index contributed by atoms with van der Waals surface area (Å²) in [5.74, 6) is -0.0735. The molecule has 2 aromatic heterocycles. The molecule has 2 rings (SSSR count). The molecule has 8 nitrogen and oxygen atoms in total. The fourth-order valence-corrected chi connectivity index (χ4v) is 2.82. The summed E-state index contributed by atoms with van der Waals surface area (Å²) in [5.41, 5.74) is 7.42. The van der Waals surface area contributed by atoms with Crippen molar-refractivity contribution in [2.24, 2.45) is 4.99 Å². The van der Waals surface area contributed by atoms with Crippen LogP contribution in [0.2, 0.25) is 5.28 Å². The van der Waals surface area contributed by atoms with Crippen molar-refractivity contribution in [3.05, 3.63) is 53.7 Å². The van der Waals surface area contributed by atoms with Crippen molar-refractivity contribution >= 4 is 34.9 Å². The summed E-state index contributed by atoms with van der Waals surface area (Å²) in [6.45, 7) is 6.36. The minimum absolute atomic E-state index is 0.0976. The van der Waals surface area contributed by atoms with Crippen LogP contribution in [0.25, 0.3) is 0 Å². The van der Waals surface area contributed by atoms with Gasteiger partial charge in [0, 0.05) is 25.0 Å². The normalized spacial score (nSPS) is 11.3. The fourth-order valence-electron chi connectivity index (χ4n) is 2.58. The number of nitrogens with two attached hydrogens (primary N) is 1. The van der Waals surface area contributed by atoms with Crippen molar-refractivity contribution < 1.29 is 4.79 Å². The van der Waals surface area contributed by atoms with Crippen molar-refractivity contribution in [1.29, 1.82) is 5.41 Å². The first-order valence-corrected chi connectivity index (χ1v) is 9.26. The molecule has 0 aliphatic heterocycles. The Morgan fingerprint density at radius 2 is 2.25 bits per heavy atom. The number of nitrogen functional groups attached to an aromatic ring is 1. The first kappa shape index (κ1) is 21.3. The largest absolute Gasteiger partial charge is 0.382 e. The summed E-state index contributed by atoms with van der Waals surface area (Å²) >= 11 is 5.99. The number of allylic oxidation sites excluding steroid dienone is 1. The lowest BCUT2D eigenvalue weighted by Crippen LogP contribution is -2.27. The maximum Gasteiger partial charge on any atom is 0.271 e. The fraction of sp³-hybridized carbons (Fsp3) is 0.316. The number of anilines is 1. The Kier molecular flexibility index (Phi) is 7.88. The molecule has 9 heteroatoms. The van der Waals surface area contributed by atoms with Gasteiger partial charge in [0.1, 0.15) is 5.69 Å². The summed E-state index contributed by atoms with van der Waals surface area (Å²) in [6, 6.07) is 5.38. The van der Waals surface area contributed by atoms with Crippen molar-refractivity contribution in [1.82, 2.24) is 19.9 Å². The first-order chi connectivity index (χ1) is 13.4. The zero-order valence-corrected chi connectivity index (χ0v) is 16.5. The van der Waals surface area contributed by atoms with E-state index in [0.29, 0.717) is 18.8 Å². The average molecular weight is 402 g/mol. The first-order valence-electron chi connectivity index (χ1n) is 8.88. The molecule has 148 valence electrons. The lowest BCUT2D eigenvalue weighted by molar-refractivity contribution is 0.0945. The van der Waals surface area contributed by atoms with Crippen LogP contribution in [0.15, 0.2) is 42.0 Å². The highest BCUT2D eigenvalue weighted by atomic mass is 35.5. The van der Waals surface area contributed by atoms with E-state index in [-0.39, 0.29) is 28.5 Å². The third-order valence-electron chi connectivity index (χ3n) is 3.94. The van der Waals surface area contributed by atoms with Gasteiger partial charge in [0.05, 0.1) is 0 Å². The van der Waals surface area contributed by atoms with Crippen LogP contribution >= 0.6 is 11.6 Å². The maximum absolute atomic E-state index is 12.4. The summed E-state index contributed by atoms with van der Waals surface area (Å²) in [4.78, 5) is 24.7. The molecular weight excluding hydrogens is 378 g/mol. The van der Waals surface area contributed by atoms with E-state index in [0.717, 1.165) is 25.0 Å². The molecule has 0 aromatic carbocycles. The van der Waals surface area contributed by atoms with Gasteiger partial charge in [0.25, 0.3) is 5.91 Å². The molecule has 0 saturated heterocycles. The van der Waals surface area contributed by atoms with Gasteiger partial charge in [-0.1, -0.05) is 12.1 Å². The Hall–Kier alpha value is -3.00. The van der Waals surface area contributed by atoms with Gasteiger partial charge in [-0.15, -0.1) is 6.58 Å². The number of imidazole rings is 1. The van der Waals surface area contributed by atoms with Crippen molar-refractivity contribution in [3.63, 3.8) is 0 Å². The molecule has 0 bridgehead atoms. The number of pyridine rings is 1. The number of aromatic nitrogens is 3. The minimum Gasteiger partial charge on any atom is -0.382 e. The minimum atomic E-state index is -0.318. The van der Waals surface area contributed by atoms with E-state index < -0.39 is 0 Å². The Labute approximate surface area is 169 Å². The summed E-state index contributed by atoms with van der Waals surface area (Å²) in [7, 11) is 0. The molecular formula is C19H24ClN7O. The smallest absolute Gasteiger partial charge is 0.271 e. The van der Waals surface area contributed by atoms with Crippen molar-refractivity contribution in [2.75, 3.05) is 12.3 Å². The van der Waals surface area contributed by atoms with E-state index in [1.807, 2.05) is 13.0 Å². The third-order valence-corrected chi connectivity index (χ3v) is 4.22. The number of aliphatic imine (C=N–C) groups is 1. The predicted molar refractivity (Wildman–Crippen MR) is 112 cm³/mol. The Bertz CT molecular complexity index is 874. The average Bonchev–Trinajstić information content (AvgIpc) is 2.95. The zero-order chi connectivity index (χ0) is 20.5. The number of nitrogens with zero attached hydrogens (tertiary/aromatic N) is 4. The van der Waals surface area contributed by atoms with Crippen LogP contribution < -0.4 is 11.1 Å². The standard InChI is InChI=1S/C19H24ClN7O/c1-3-12-27-15(17(22)26-19(27)20)18(28)24-11-6-4-8-13(2)25-16(21)14-9-5-7-10-23-14/h3,5,7,9-10,21H,1,4,6,8,11-12,22H2,2H3,(H,24,28)/b21-16?,25-13+. The second kappa shape index (κ2) is 10.4. The van der Waals surface area contributed by atoms with Crippen LogP contribution in [-0.4, -0.2) is 38.5 Å². The highest BCUT2D eigenvalue weighted by Gasteiger charge is 2.19. The van der Waals surface area contributed by atoms with Crippen molar-refractivity contribution in [3.8, 4) is 0 Å². The number of hydrogen-bond donors (Lipinski definition) is 3. The van der Waals surface area contributed by atoms with Gasteiger partial charge in [0.15, 0.2) is 17.3 Å². The Morgan fingerprint density at radius 1 is 1.46 bits per heavy atom. The summed E-state index contributed by atoms with van der Waals surface area (Å²) in [6.07, 6.45) is 5.58. The third kappa shape index (κ3) is 5.75. The molecule has 28 heavy (non-hydrogen) atoms. The number of carbonyl (C=O) groups is 1. The van der Waals surface area contributed by atoms with Gasteiger partial charge < -0.3 is 15.6 Å². The van der Waals surface area contributed by atoms with Crippen LogP contribution in [-0.2, 0) is 6.54 Å². The number of amides is 1. The SMILES string of the molecule is C=CCn1c(Cl)nc(N)c1C(=O)NCCCC/C(C)=N/C(=N)c1ccccn1. The predicted octanol–water partition coefficient (Wildman–Crippen LogP) is 3.09. The lowest BCUT2D eigenvalue weighted by Gasteiger charge is -2.08. The highest BCUT2D eigenvalue weighted by Crippen LogP contribution is 2.18. The second-order valence-corrected chi connectivity index (χ2v) is 6.48. The number of nitrogens with one attached hydrogen (secondary N) is 2. The quantitative estimate of drug-likeness (QED) is 0.258. The van der Waals surface area contributed by atoms with Gasteiger partial charge in [-0.2, -0.15) is 0 Å². The van der Waals surface area contributed by atoms with E-state index >= 15 is 0 Å². The van der Waals surface area contributed by atoms with Crippen LogP contribution in [0.1, 0.15) is 42.4 Å². The number of unbranched alkanes of at least 4 members (excludes halogenated alkanes) is 1. The Morgan fingerprint density at radius 3 is 2.93 bits per heavy atom. The second-order valence-electron chi connectivity index (χ2n) is 6.14. The lowest BCUT2D eigenvalue weighted by atomic mass is 10.2. The van der Waals surface area contributed by atoms with Crippen LogP contribution in [0.4, 0.5) is 5.82 Å².